The summed E-state index contributed by atoms with van der Waals surface area (Å²) in [6.07, 6.45) is -3.04. The lowest BCUT2D eigenvalue weighted by molar-refractivity contribution is -0.333. The van der Waals surface area contributed by atoms with E-state index in [0.29, 0.717) is 13.8 Å². The second-order valence-electron chi connectivity index (χ2n) is 3.06. The third kappa shape index (κ3) is 0.642. The zero-order valence-electron chi connectivity index (χ0n) is 5.97. The first kappa shape index (κ1) is 8.74. The van der Waals surface area contributed by atoms with Crippen molar-refractivity contribution in [2.45, 2.75) is 37.3 Å². The molecule has 1 aliphatic rings. The average Bonchev–Trinajstić information content (AvgIpc) is 1.84. The van der Waals surface area contributed by atoms with Crippen LogP contribution in [0.25, 0.3) is 0 Å². The van der Waals surface area contributed by atoms with Crippen molar-refractivity contribution in [2.24, 2.45) is 0 Å². The van der Waals surface area contributed by atoms with Crippen LogP contribution in [-0.2, 0) is 0 Å². The highest BCUT2D eigenvalue weighted by Crippen LogP contribution is 2.59. The van der Waals surface area contributed by atoms with Crippen molar-refractivity contribution in [3.63, 3.8) is 0 Å². The molecule has 0 heterocycles. The molecular formula is C6H7F5. The Morgan fingerprint density at radius 2 is 1.36 bits per heavy atom. The molecule has 11 heavy (non-hydrogen) atoms. The van der Waals surface area contributed by atoms with Crippen LogP contribution in [-0.4, -0.2) is 23.4 Å². The molecule has 0 amide bonds. The molecule has 1 fully saturated rings. The molecular weight excluding hydrogens is 167 g/mol. The number of alkyl halides is 5. The molecule has 1 saturated carbocycles. The number of halogens is 5. The molecule has 0 bridgehead atoms. The van der Waals surface area contributed by atoms with Crippen molar-refractivity contribution in [1.82, 2.24) is 0 Å². The first-order valence-corrected chi connectivity index (χ1v) is 3.05. The van der Waals surface area contributed by atoms with E-state index in [1.807, 2.05) is 0 Å². The fraction of sp³-hybridized carbons (Fsp3) is 1.00. The van der Waals surface area contributed by atoms with Crippen LogP contribution < -0.4 is 0 Å². The summed E-state index contributed by atoms with van der Waals surface area (Å²) in [4.78, 5) is 0. The van der Waals surface area contributed by atoms with Gasteiger partial charge in [-0.15, -0.1) is 0 Å². The predicted octanol–water partition coefficient (Wildman–Crippen LogP) is 2.43. The SMILES string of the molecule is CC1(F)C(F)C(F)(F)C1(C)F. The lowest BCUT2D eigenvalue weighted by Gasteiger charge is -2.52. The van der Waals surface area contributed by atoms with Gasteiger partial charge in [0.05, 0.1) is 0 Å². The highest BCUT2D eigenvalue weighted by Gasteiger charge is 2.83. The van der Waals surface area contributed by atoms with Gasteiger partial charge in [0.25, 0.3) is 0 Å². The van der Waals surface area contributed by atoms with Crippen LogP contribution in [0.3, 0.4) is 0 Å². The summed E-state index contributed by atoms with van der Waals surface area (Å²) in [6.45, 7) is 0.859. The summed E-state index contributed by atoms with van der Waals surface area (Å²) >= 11 is 0. The van der Waals surface area contributed by atoms with Gasteiger partial charge in [-0.1, -0.05) is 0 Å². The van der Waals surface area contributed by atoms with Crippen LogP contribution in [0.15, 0.2) is 0 Å². The second kappa shape index (κ2) is 1.69. The maximum absolute atomic E-state index is 12.6. The third-order valence-corrected chi connectivity index (χ3v) is 2.34. The molecule has 0 spiro atoms. The van der Waals surface area contributed by atoms with Crippen molar-refractivity contribution in [3.05, 3.63) is 0 Å². The Bertz CT molecular complexity index is 165. The molecule has 0 saturated heterocycles. The van der Waals surface area contributed by atoms with Crippen molar-refractivity contribution < 1.29 is 22.0 Å². The highest BCUT2D eigenvalue weighted by atomic mass is 19.3. The summed E-state index contributed by atoms with van der Waals surface area (Å²) in [5.74, 6) is -4.20. The Labute approximate surface area is 60.4 Å². The molecule has 1 aliphatic carbocycles. The molecule has 3 unspecified atom stereocenters. The summed E-state index contributed by atoms with van der Waals surface area (Å²) in [5, 5.41) is 0. The van der Waals surface area contributed by atoms with Gasteiger partial charge in [-0.3, -0.25) is 0 Å². The summed E-state index contributed by atoms with van der Waals surface area (Å²) in [5.41, 5.74) is -6.46. The highest BCUT2D eigenvalue weighted by molar-refractivity contribution is 5.23. The minimum atomic E-state index is -4.20. The Kier molecular flexibility index (Phi) is 1.35. The van der Waals surface area contributed by atoms with Crippen LogP contribution in [0.5, 0.6) is 0 Å². The van der Waals surface area contributed by atoms with Crippen molar-refractivity contribution in [3.8, 4) is 0 Å². The Balaban J connectivity index is 2.98. The zero-order chi connectivity index (χ0) is 9.08. The van der Waals surface area contributed by atoms with E-state index in [0.717, 1.165) is 0 Å². The molecule has 0 aromatic carbocycles. The fourth-order valence-electron chi connectivity index (χ4n) is 1.06. The van der Waals surface area contributed by atoms with Gasteiger partial charge >= 0.3 is 5.92 Å². The van der Waals surface area contributed by atoms with Crippen molar-refractivity contribution in [1.29, 1.82) is 0 Å². The normalized spacial score (nSPS) is 55.4. The maximum atomic E-state index is 12.6. The van der Waals surface area contributed by atoms with Crippen LogP contribution in [0.4, 0.5) is 22.0 Å². The van der Waals surface area contributed by atoms with Gasteiger partial charge < -0.3 is 0 Å². The molecule has 5 heteroatoms. The molecule has 0 aromatic rings. The van der Waals surface area contributed by atoms with Crippen LogP contribution in [0, 0.1) is 0 Å². The third-order valence-electron chi connectivity index (χ3n) is 2.34. The number of hydrogen-bond acceptors (Lipinski definition) is 0. The summed E-state index contributed by atoms with van der Waals surface area (Å²) in [7, 11) is 0. The smallest absolute Gasteiger partial charge is 0.237 e. The Morgan fingerprint density at radius 3 is 1.45 bits per heavy atom. The van der Waals surface area contributed by atoms with E-state index in [1.165, 1.54) is 0 Å². The fourth-order valence-corrected chi connectivity index (χ4v) is 1.06. The zero-order valence-corrected chi connectivity index (χ0v) is 5.97. The van der Waals surface area contributed by atoms with Crippen LogP contribution in [0.2, 0.25) is 0 Å². The quantitative estimate of drug-likeness (QED) is 0.495. The van der Waals surface area contributed by atoms with Crippen molar-refractivity contribution >= 4 is 0 Å². The van der Waals surface area contributed by atoms with Gasteiger partial charge in [0.15, 0.2) is 5.67 Å². The van der Waals surface area contributed by atoms with Gasteiger partial charge in [0.1, 0.15) is 0 Å². The van der Waals surface area contributed by atoms with Crippen molar-refractivity contribution in [2.75, 3.05) is 0 Å². The molecule has 0 aliphatic heterocycles. The molecule has 0 radical (unpaired) electrons. The predicted molar refractivity (Wildman–Crippen MR) is 28.9 cm³/mol. The largest absolute Gasteiger partial charge is 0.318 e. The van der Waals surface area contributed by atoms with Crippen LogP contribution >= 0.6 is 0 Å². The van der Waals surface area contributed by atoms with Gasteiger partial charge in [-0.2, -0.15) is 8.78 Å². The average molecular weight is 174 g/mol. The molecule has 1 rings (SSSR count). The van der Waals surface area contributed by atoms with Gasteiger partial charge in [-0.25, -0.2) is 13.2 Å². The molecule has 66 valence electrons. The van der Waals surface area contributed by atoms with E-state index in [4.69, 9.17) is 0 Å². The van der Waals surface area contributed by atoms with Gasteiger partial charge in [-0.05, 0) is 13.8 Å². The summed E-state index contributed by atoms with van der Waals surface area (Å²) in [6, 6.07) is 0. The minimum absolute atomic E-state index is 0.364. The Hall–Kier alpha value is -0.350. The number of hydrogen-bond donors (Lipinski definition) is 0. The van der Waals surface area contributed by atoms with E-state index in [-0.39, 0.29) is 0 Å². The minimum Gasteiger partial charge on any atom is -0.237 e. The standard InChI is InChI=1S/C6H7F5/c1-4(8)3(7)6(10,11)5(4,2)9/h3H,1-2H3. The maximum Gasteiger partial charge on any atom is 0.318 e. The topological polar surface area (TPSA) is 0 Å². The molecule has 0 N–H and O–H groups in total. The first-order chi connectivity index (χ1) is 4.65. The van der Waals surface area contributed by atoms with E-state index in [2.05, 4.69) is 0 Å². The molecule has 0 nitrogen and oxygen atoms in total. The monoisotopic (exact) mass is 174 g/mol. The van der Waals surface area contributed by atoms with E-state index in [9.17, 15) is 22.0 Å². The van der Waals surface area contributed by atoms with E-state index in [1.54, 1.807) is 0 Å². The molecule has 0 aromatic heterocycles. The van der Waals surface area contributed by atoms with Crippen LogP contribution in [0.1, 0.15) is 13.8 Å². The van der Waals surface area contributed by atoms with E-state index >= 15 is 0 Å². The number of rotatable bonds is 0. The Morgan fingerprint density at radius 1 is 1.00 bits per heavy atom. The lowest BCUT2D eigenvalue weighted by Crippen LogP contribution is -2.77. The summed E-state index contributed by atoms with van der Waals surface area (Å²) < 4.78 is 61.9. The molecule has 3 atom stereocenters. The van der Waals surface area contributed by atoms with Gasteiger partial charge in [0, 0.05) is 0 Å². The van der Waals surface area contributed by atoms with Gasteiger partial charge in [0.2, 0.25) is 11.8 Å². The second-order valence-corrected chi connectivity index (χ2v) is 3.06. The lowest BCUT2D eigenvalue weighted by atomic mass is 9.65. The first-order valence-electron chi connectivity index (χ1n) is 3.05. The van der Waals surface area contributed by atoms with E-state index < -0.39 is 23.4 Å².